The average molecular weight is 716 g/mol. The number of halogens is 4. The molecule has 0 spiro atoms. The maximum Gasteiger partial charge on any atom is 0.336 e. The van der Waals surface area contributed by atoms with Crippen molar-refractivity contribution in [1.29, 1.82) is 0 Å². The van der Waals surface area contributed by atoms with Gasteiger partial charge in [-0.05, 0) is 82.2 Å². The zero-order valence-corrected chi connectivity index (χ0v) is 25.6. The molecule has 0 aromatic heterocycles. The molecule has 0 unspecified atom stereocenters. The second-order valence-electron chi connectivity index (χ2n) is 8.33. The van der Waals surface area contributed by atoms with Crippen LogP contribution in [0.15, 0.2) is 105 Å². The Balaban J connectivity index is 1.43. The summed E-state index contributed by atoms with van der Waals surface area (Å²) in [7, 11) is 0. The second-order valence-corrected chi connectivity index (χ2v) is 10.9. The number of esters is 1. The number of hydrogen-bond acceptors (Lipinski definition) is 5. The minimum atomic E-state index is -0.614. The van der Waals surface area contributed by atoms with Gasteiger partial charge in [0.1, 0.15) is 0 Å². The number of carbonyl (C=O) groups excluding carboxylic acids is 3. The molecule has 0 heterocycles. The van der Waals surface area contributed by atoms with Crippen molar-refractivity contribution in [3.8, 4) is 5.75 Å². The van der Waals surface area contributed by atoms with E-state index in [1.807, 2.05) is 0 Å². The van der Waals surface area contributed by atoms with E-state index in [-0.39, 0.29) is 11.3 Å². The highest BCUT2D eigenvalue weighted by molar-refractivity contribution is 9.11. The highest BCUT2D eigenvalue weighted by Crippen LogP contribution is 2.32. The van der Waals surface area contributed by atoms with E-state index in [2.05, 4.69) is 47.7 Å². The largest absolute Gasteiger partial charge is 0.421 e. The number of ether oxygens (including phenoxy) is 1. The van der Waals surface area contributed by atoms with Crippen molar-refractivity contribution in [1.82, 2.24) is 5.43 Å². The Morgan fingerprint density at radius 3 is 2.37 bits per heavy atom. The summed E-state index contributed by atoms with van der Waals surface area (Å²) in [6.45, 7) is 0. The zero-order chi connectivity index (χ0) is 29.4. The molecule has 11 heteroatoms. The molecule has 0 aliphatic rings. The van der Waals surface area contributed by atoms with Crippen LogP contribution < -0.4 is 15.5 Å². The fourth-order valence-electron chi connectivity index (χ4n) is 3.46. The first-order valence-corrected chi connectivity index (χ1v) is 14.2. The highest BCUT2D eigenvalue weighted by Gasteiger charge is 2.14. The molecular formula is C30H19Br2Cl2N3O4. The van der Waals surface area contributed by atoms with Crippen LogP contribution in [-0.4, -0.2) is 24.0 Å². The predicted octanol–water partition coefficient (Wildman–Crippen LogP) is 8.15. The van der Waals surface area contributed by atoms with Crippen LogP contribution in [0.5, 0.6) is 5.75 Å². The standard InChI is InChI=1S/C30H19Br2Cl2N3O4/c31-21-14-20(28(25(32)16-21)41-27(38)13-10-18-8-11-22(33)12-9-18)17-35-37-29(39)19-4-3-5-23(15-19)36-30(40)24-6-1-2-7-26(24)34/h1-17H,(H,36,40)(H,37,39)/b13-10+,35-17?. The summed E-state index contributed by atoms with van der Waals surface area (Å²) in [5.74, 6) is -1.33. The fourth-order valence-corrected chi connectivity index (χ4v) is 5.15. The molecule has 0 saturated carbocycles. The minimum Gasteiger partial charge on any atom is -0.421 e. The molecule has 0 bridgehead atoms. The van der Waals surface area contributed by atoms with Crippen molar-refractivity contribution >= 4 is 90.8 Å². The van der Waals surface area contributed by atoms with Crippen molar-refractivity contribution in [2.24, 2.45) is 5.10 Å². The number of hydrogen-bond donors (Lipinski definition) is 2. The molecule has 206 valence electrons. The van der Waals surface area contributed by atoms with Gasteiger partial charge in [0.2, 0.25) is 0 Å². The average Bonchev–Trinajstić information content (AvgIpc) is 2.94. The maximum absolute atomic E-state index is 12.8. The third-order valence-electron chi connectivity index (χ3n) is 5.39. The van der Waals surface area contributed by atoms with Gasteiger partial charge in [-0.1, -0.05) is 69.5 Å². The van der Waals surface area contributed by atoms with Gasteiger partial charge < -0.3 is 10.1 Å². The number of rotatable bonds is 8. The van der Waals surface area contributed by atoms with Crippen LogP contribution in [0.2, 0.25) is 10.0 Å². The Hall–Kier alpha value is -3.76. The lowest BCUT2D eigenvalue weighted by Gasteiger charge is -2.09. The van der Waals surface area contributed by atoms with Crippen molar-refractivity contribution in [2.75, 3.05) is 5.32 Å². The van der Waals surface area contributed by atoms with E-state index >= 15 is 0 Å². The number of anilines is 1. The van der Waals surface area contributed by atoms with Crippen LogP contribution in [0.4, 0.5) is 5.69 Å². The van der Waals surface area contributed by atoms with E-state index in [9.17, 15) is 14.4 Å². The number of nitrogens with one attached hydrogen (secondary N) is 2. The summed E-state index contributed by atoms with van der Waals surface area (Å²) in [5.41, 5.74) is 4.61. The third-order valence-corrected chi connectivity index (χ3v) is 7.02. The molecule has 2 amide bonds. The lowest BCUT2D eigenvalue weighted by atomic mass is 10.1. The summed E-state index contributed by atoms with van der Waals surface area (Å²) < 4.78 is 6.73. The molecule has 0 radical (unpaired) electrons. The summed E-state index contributed by atoms with van der Waals surface area (Å²) in [5, 5.41) is 7.66. The monoisotopic (exact) mass is 713 g/mol. The smallest absolute Gasteiger partial charge is 0.336 e. The minimum absolute atomic E-state index is 0.209. The molecule has 41 heavy (non-hydrogen) atoms. The van der Waals surface area contributed by atoms with E-state index in [0.29, 0.717) is 35.8 Å². The third kappa shape index (κ3) is 8.61. The van der Waals surface area contributed by atoms with Crippen LogP contribution in [0, 0.1) is 0 Å². The lowest BCUT2D eigenvalue weighted by Crippen LogP contribution is -2.18. The zero-order valence-electron chi connectivity index (χ0n) is 20.9. The van der Waals surface area contributed by atoms with Crippen LogP contribution in [0.25, 0.3) is 6.08 Å². The van der Waals surface area contributed by atoms with Crippen LogP contribution in [-0.2, 0) is 4.79 Å². The Morgan fingerprint density at radius 1 is 0.854 bits per heavy atom. The predicted molar refractivity (Wildman–Crippen MR) is 169 cm³/mol. The van der Waals surface area contributed by atoms with Gasteiger partial charge >= 0.3 is 5.97 Å². The summed E-state index contributed by atoms with van der Waals surface area (Å²) in [4.78, 5) is 37.8. The summed E-state index contributed by atoms with van der Waals surface area (Å²) in [6.07, 6.45) is 4.24. The molecule has 0 aliphatic heterocycles. The van der Waals surface area contributed by atoms with Crippen LogP contribution in [0.1, 0.15) is 31.8 Å². The van der Waals surface area contributed by atoms with Gasteiger partial charge in [0.15, 0.2) is 5.75 Å². The van der Waals surface area contributed by atoms with Gasteiger partial charge in [0.25, 0.3) is 11.8 Å². The van der Waals surface area contributed by atoms with Crippen molar-refractivity contribution in [3.05, 3.63) is 132 Å². The maximum atomic E-state index is 12.8. The molecule has 4 rings (SSSR count). The summed E-state index contributed by atoms with van der Waals surface area (Å²) >= 11 is 18.8. The molecule has 2 N–H and O–H groups in total. The van der Waals surface area contributed by atoms with E-state index in [0.717, 1.165) is 5.56 Å². The van der Waals surface area contributed by atoms with E-state index in [1.54, 1.807) is 84.9 Å². The van der Waals surface area contributed by atoms with E-state index in [1.165, 1.54) is 18.4 Å². The Labute approximate surface area is 262 Å². The SMILES string of the molecule is O=C(/C=C/c1ccc(Cl)cc1)Oc1c(Br)cc(Br)cc1C=NNC(=O)c1cccc(NC(=O)c2ccccc2Cl)c1. The molecular weight excluding hydrogens is 697 g/mol. The number of carbonyl (C=O) groups is 3. The van der Waals surface area contributed by atoms with Crippen molar-refractivity contribution < 1.29 is 19.1 Å². The molecule has 4 aromatic rings. The molecule has 0 aliphatic carbocycles. The van der Waals surface area contributed by atoms with Gasteiger partial charge in [-0.3, -0.25) is 9.59 Å². The molecule has 0 saturated heterocycles. The van der Waals surface area contributed by atoms with Gasteiger partial charge in [-0.2, -0.15) is 5.10 Å². The molecule has 0 fully saturated rings. The first-order valence-electron chi connectivity index (χ1n) is 11.8. The highest BCUT2D eigenvalue weighted by atomic mass is 79.9. The Bertz CT molecular complexity index is 1680. The molecule has 0 atom stereocenters. The molecule has 4 aromatic carbocycles. The van der Waals surface area contributed by atoms with Gasteiger partial charge in [0, 0.05) is 32.4 Å². The fraction of sp³-hybridized carbons (Fsp3) is 0. The number of benzene rings is 4. The quantitative estimate of drug-likeness (QED) is 0.0633. The second kappa shape index (κ2) is 14.2. The van der Waals surface area contributed by atoms with Crippen molar-refractivity contribution in [3.63, 3.8) is 0 Å². The van der Waals surface area contributed by atoms with Crippen LogP contribution in [0.3, 0.4) is 0 Å². The van der Waals surface area contributed by atoms with E-state index < -0.39 is 17.8 Å². The van der Waals surface area contributed by atoms with E-state index in [4.69, 9.17) is 27.9 Å². The first-order chi connectivity index (χ1) is 19.7. The number of nitrogens with zero attached hydrogens (tertiary/aromatic N) is 1. The summed E-state index contributed by atoms with van der Waals surface area (Å²) in [6, 6.07) is 23.4. The molecule has 7 nitrogen and oxygen atoms in total. The lowest BCUT2D eigenvalue weighted by molar-refractivity contribution is -0.128. The number of amides is 2. The van der Waals surface area contributed by atoms with Crippen LogP contribution >= 0.6 is 55.1 Å². The van der Waals surface area contributed by atoms with Gasteiger partial charge in [-0.25, -0.2) is 10.2 Å². The first kappa shape index (κ1) is 30.2. The van der Waals surface area contributed by atoms with Gasteiger partial charge in [0.05, 0.1) is 21.3 Å². The topological polar surface area (TPSA) is 96.9 Å². The Kier molecular flexibility index (Phi) is 10.5. The number of hydrazone groups is 1. The normalized spacial score (nSPS) is 11.0. The van der Waals surface area contributed by atoms with Gasteiger partial charge in [-0.15, -0.1) is 0 Å². The Morgan fingerprint density at radius 2 is 1.61 bits per heavy atom. The van der Waals surface area contributed by atoms with Crippen molar-refractivity contribution in [2.45, 2.75) is 0 Å².